The number of rotatable bonds is 7. The van der Waals surface area contributed by atoms with Crippen molar-refractivity contribution < 1.29 is 19.0 Å². The molecular formula is C19H21FO3. The Kier molecular flexibility index (Phi) is 5.74. The highest BCUT2D eigenvalue weighted by atomic mass is 19.1. The summed E-state index contributed by atoms with van der Waals surface area (Å²) in [6.45, 7) is 4.49. The van der Waals surface area contributed by atoms with E-state index >= 15 is 0 Å². The van der Waals surface area contributed by atoms with Crippen LogP contribution in [0.2, 0.25) is 0 Å². The van der Waals surface area contributed by atoms with Gasteiger partial charge in [0, 0.05) is 0 Å². The molecule has 122 valence electrons. The second-order valence-electron chi connectivity index (χ2n) is 5.81. The van der Waals surface area contributed by atoms with Crippen LogP contribution < -0.4 is 4.74 Å². The van der Waals surface area contributed by atoms with Crippen molar-refractivity contribution in [2.45, 2.75) is 32.1 Å². The van der Waals surface area contributed by atoms with Gasteiger partial charge in [0.25, 0.3) is 0 Å². The quantitative estimate of drug-likeness (QED) is 0.813. The van der Waals surface area contributed by atoms with Gasteiger partial charge in [-0.2, -0.15) is 0 Å². The van der Waals surface area contributed by atoms with Gasteiger partial charge in [0.15, 0.2) is 0 Å². The molecule has 1 unspecified atom stereocenters. The fourth-order valence-corrected chi connectivity index (χ4v) is 2.40. The van der Waals surface area contributed by atoms with Gasteiger partial charge in [-0.1, -0.05) is 38.1 Å². The first-order valence-electron chi connectivity index (χ1n) is 7.68. The van der Waals surface area contributed by atoms with Crippen LogP contribution in [-0.4, -0.2) is 17.7 Å². The van der Waals surface area contributed by atoms with E-state index in [0.717, 1.165) is 0 Å². The molecular weight excluding hydrogens is 295 g/mol. The van der Waals surface area contributed by atoms with E-state index in [1.165, 1.54) is 23.8 Å². The molecule has 0 amide bonds. The lowest BCUT2D eigenvalue weighted by Crippen LogP contribution is -2.15. The third kappa shape index (κ3) is 4.81. The summed E-state index contributed by atoms with van der Waals surface area (Å²) in [7, 11) is 0. The molecule has 0 aliphatic heterocycles. The number of hydrogen-bond donors (Lipinski definition) is 1. The van der Waals surface area contributed by atoms with Crippen molar-refractivity contribution in [1.82, 2.24) is 0 Å². The monoisotopic (exact) mass is 316 g/mol. The van der Waals surface area contributed by atoms with E-state index in [1.807, 2.05) is 24.3 Å². The SMILES string of the molecule is CC(C)c1ccc(OCCC(C(=O)O)c2cccc(F)c2)cc1. The third-order valence-corrected chi connectivity index (χ3v) is 3.77. The Labute approximate surface area is 135 Å². The van der Waals surface area contributed by atoms with Crippen LogP contribution in [0.1, 0.15) is 43.2 Å². The van der Waals surface area contributed by atoms with Crippen LogP contribution in [0, 0.1) is 5.82 Å². The van der Waals surface area contributed by atoms with Crippen molar-refractivity contribution >= 4 is 5.97 Å². The molecule has 0 fully saturated rings. The molecule has 0 spiro atoms. The second kappa shape index (κ2) is 7.77. The number of carbonyl (C=O) groups is 1. The van der Waals surface area contributed by atoms with Crippen LogP contribution in [-0.2, 0) is 4.79 Å². The van der Waals surface area contributed by atoms with Crippen molar-refractivity contribution in [2.24, 2.45) is 0 Å². The molecule has 0 saturated carbocycles. The van der Waals surface area contributed by atoms with Gasteiger partial charge in [-0.15, -0.1) is 0 Å². The first kappa shape index (κ1) is 17.0. The summed E-state index contributed by atoms with van der Waals surface area (Å²) in [6, 6.07) is 13.5. The van der Waals surface area contributed by atoms with Crippen LogP contribution >= 0.6 is 0 Å². The maximum Gasteiger partial charge on any atom is 0.311 e. The average molecular weight is 316 g/mol. The van der Waals surface area contributed by atoms with E-state index in [0.29, 0.717) is 17.2 Å². The van der Waals surface area contributed by atoms with E-state index in [2.05, 4.69) is 13.8 Å². The molecule has 23 heavy (non-hydrogen) atoms. The van der Waals surface area contributed by atoms with Crippen molar-refractivity contribution in [3.63, 3.8) is 0 Å². The van der Waals surface area contributed by atoms with Gasteiger partial charge in [0.05, 0.1) is 12.5 Å². The molecule has 2 aromatic rings. The smallest absolute Gasteiger partial charge is 0.311 e. The first-order valence-corrected chi connectivity index (χ1v) is 7.68. The second-order valence-corrected chi connectivity index (χ2v) is 5.81. The highest BCUT2D eigenvalue weighted by molar-refractivity contribution is 5.76. The highest BCUT2D eigenvalue weighted by Gasteiger charge is 2.20. The van der Waals surface area contributed by atoms with Crippen LogP contribution in [0.3, 0.4) is 0 Å². The Morgan fingerprint density at radius 1 is 1.13 bits per heavy atom. The van der Waals surface area contributed by atoms with E-state index in [1.54, 1.807) is 6.07 Å². The number of aliphatic carboxylic acids is 1. The normalized spacial score (nSPS) is 12.2. The lowest BCUT2D eigenvalue weighted by Gasteiger charge is -2.14. The molecule has 1 atom stereocenters. The van der Waals surface area contributed by atoms with Gasteiger partial charge in [-0.05, 0) is 47.7 Å². The van der Waals surface area contributed by atoms with Gasteiger partial charge in [0.2, 0.25) is 0 Å². The molecule has 2 rings (SSSR count). The maximum atomic E-state index is 13.3. The van der Waals surface area contributed by atoms with E-state index in [-0.39, 0.29) is 13.0 Å². The summed E-state index contributed by atoms with van der Waals surface area (Å²) in [5, 5.41) is 9.33. The Bertz CT molecular complexity index is 650. The van der Waals surface area contributed by atoms with Crippen LogP contribution in [0.25, 0.3) is 0 Å². The van der Waals surface area contributed by atoms with Crippen LogP contribution in [0.5, 0.6) is 5.75 Å². The first-order chi connectivity index (χ1) is 11.0. The summed E-state index contributed by atoms with van der Waals surface area (Å²) in [5.74, 6) is -1.03. The Morgan fingerprint density at radius 2 is 1.83 bits per heavy atom. The van der Waals surface area contributed by atoms with E-state index in [9.17, 15) is 14.3 Å². The summed E-state index contributed by atoms with van der Waals surface area (Å²) >= 11 is 0. The minimum atomic E-state index is -0.977. The lowest BCUT2D eigenvalue weighted by molar-refractivity contribution is -0.139. The fraction of sp³-hybridized carbons (Fsp3) is 0.316. The average Bonchev–Trinajstić information content (AvgIpc) is 2.51. The minimum Gasteiger partial charge on any atom is -0.494 e. The number of carboxylic acid groups (broad SMARTS) is 1. The molecule has 2 aromatic carbocycles. The zero-order valence-electron chi connectivity index (χ0n) is 13.3. The molecule has 3 nitrogen and oxygen atoms in total. The van der Waals surface area contributed by atoms with Crippen LogP contribution in [0.15, 0.2) is 48.5 Å². The van der Waals surface area contributed by atoms with Crippen molar-refractivity contribution in [3.8, 4) is 5.75 Å². The van der Waals surface area contributed by atoms with Crippen molar-refractivity contribution in [3.05, 3.63) is 65.5 Å². The zero-order valence-corrected chi connectivity index (χ0v) is 13.3. The molecule has 0 aromatic heterocycles. The zero-order chi connectivity index (χ0) is 16.8. The molecule has 1 N–H and O–H groups in total. The predicted octanol–water partition coefficient (Wildman–Crippen LogP) is 4.59. The number of halogens is 1. The standard InChI is InChI=1S/C19H21FO3/c1-13(2)14-6-8-17(9-7-14)23-11-10-18(19(21)22)15-4-3-5-16(20)12-15/h3-9,12-13,18H,10-11H2,1-2H3,(H,21,22). The third-order valence-electron chi connectivity index (χ3n) is 3.77. The number of ether oxygens (including phenoxy) is 1. The molecule has 0 saturated heterocycles. The van der Waals surface area contributed by atoms with Gasteiger partial charge in [-0.25, -0.2) is 4.39 Å². The predicted molar refractivity (Wildman–Crippen MR) is 87.4 cm³/mol. The number of hydrogen-bond acceptors (Lipinski definition) is 2. The van der Waals surface area contributed by atoms with Gasteiger partial charge >= 0.3 is 5.97 Å². The van der Waals surface area contributed by atoms with E-state index in [4.69, 9.17) is 4.74 Å². The summed E-state index contributed by atoms with van der Waals surface area (Å²) in [6.07, 6.45) is 0.282. The fourth-order valence-electron chi connectivity index (χ4n) is 2.40. The van der Waals surface area contributed by atoms with Crippen molar-refractivity contribution in [2.75, 3.05) is 6.61 Å². The molecule has 0 radical (unpaired) electrons. The molecule has 4 heteroatoms. The Hall–Kier alpha value is -2.36. The molecule has 0 bridgehead atoms. The topological polar surface area (TPSA) is 46.5 Å². The van der Waals surface area contributed by atoms with Crippen LogP contribution in [0.4, 0.5) is 4.39 Å². The van der Waals surface area contributed by atoms with Crippen molar-refractivity contribution in [1.29, 1.82) is 0 Å². The molecule has 0 aliphatic rings. The summed E-state index contributed by atoms with van der Waals surface area (Å²) in [5.41, 5.74) is 1.68. The van der Waals surface area contributed by atoms with Gasteiger partial charge < -0.3 is 9.84 Å². The van der Waals surface area contributed by atoms with E-state index < -0.39 is 17.7 Å². The summed E-state index contributed by atoms with van der Waals surface area (Å²) < 4.78 is 18.9. The lowest BCUT2D eigenvalue weighted by atomic mass is 9.96. The minimum absolute atomic E-state index is 0.258. The Morgan fingerprint density at radius 3 is 2.39 bits per heavy atom. The maximum absolute atomic E-state index is 13.3. The summed E-state index contributed by atoms with van der Waals surface area (Å²) in [4.78, 5) is 11.4. The Balaban J connectivity index is 1.96. The number of benzene rings is 2. The van der Waals surface area contributed by atoms with Gasteiger partial charge in [-0.3, -0.25) is 4.79 Å². The highest BCUT2D eigenvalue weighted by Crippen LogP contribution is 2.23. The largest absolute Gasteiger partial charge is 0.494 e. The molecule has 0 heterocycles. The number of carboxylic acids is 1. The van der Waals surface area contributed by atoms with Gasteiger partial charge in [0.1, 0.15) is 11.6 Å². The molecule has 0 aliphatic carbocycles.